The van der Waals surface area contributed by atoms with Gasteiger partial charge >= 0.3 is 0 Å². The van der Waals surface area contributed by atoms with Gasteiger partial charge < -0.3 is 0 Å². The van der Waals surface area contributed by atoms with E-state index in [1.54, 1.807) is 12.1 Å². The largest absolute Gasteiger partial charge is 0.299 e. The third-order valence-corrected chi connectivity index (χ3v) is 4.02. The first-order chi connectivity index (χ1) is 7.49. The maximum atomic E-state index is 12.2. The van der Waals surface area contributed by atoms with E-state index in [0.717, 1.165) is 0 Å². The van der Waals surface area contributed by atoms with Crippen molar-refractivity contribution in [3.05, 3.63) is 48.8 Å². The smallest absolute Gasteiger partial charge is 0.168 e. The second-order valence-corrected chi connectivity index (χ2v) is 5.77. The number of nitrogens with zero attached hydrogens (tertiary/aromatic N) is 2. The fourth-order valence-electron chi connectivity index (χ4n) is 1.24. The van der Waals surface area contributed by atoms with Gasteiger partial charge in [-0.15, -0.1) is 0 Å². The highest BCUT2D eigenvalue weighted by Gasteiger charge is 2.38. The minimum Gasteiger partial charge on any atom is -0.299 e. The molecule has 2 aromatic rings. The lowest BCUT2D eigenvalue weighted by atomic mass is 10.5. The third kappa shape index (κ3) is 1.73. The molecule has 5 nitrogen and oxygen atoms in total. The van der Waals surface area contributed by atoms with E-state index in [1.165, 1.54) is 36.7 Å². The molecule has 0 unspecified atom stereocenters. The van der Waals surface area contributed by atoms with E-state index in [1.807, 2.05) is 0 Å². The minimum atomic E-state index is -5.14. The Hall–Kier alpha value is -1.63. The number of hydrogen-bond donors (Lipinski definition) is 2. The van der Waals surface area contributed by atoms with Crippen molar-refractivity contribution in [3.63, 3.8) is 0 Å². The number of pyridine rings is 2. The van der Waals surface area contributed by atoms with Crippen LogP contribution in [-0.4, -0.2) is 23.3 Å². The summed E-state index contributed by atoms with van der Waals surface area (Å²) < 4.78 is 32.0. The number of rotatable bonds is 2. The molecule has 2 N–H and O–H groups in total. The second kappa shape index (κ2) is 3.44. The molecule has 0 amide bonds. The van der Waals surface area contributed by atoms with E-state index in [4.69, 9.17) is 0 Å². The van der Waals surface area contributed by atoms with Gasteiger partial charge in [0.15, 0.2) is 19.7 Å². The summed E-state index contributed by atoms with van der Waals surface area (Å²) in [5.41, 5.74) is 0. The highest BCUT2D eigenvalue weighted by atomic mass is 32.3. The SMILES string of the molecule is O=S(O)(O)(c1ccccn1)c1ccccn1. The monoisotopic (exact) mass is 238 g/mol. The molecule has 2 aromatic heterocycles. The van der Waals surface area contributed by atoms with E-state index in [-0.39, 0.29) is 10.1 Å². The minimum absolute atomic E-state index is 0.307. The summed E-state index contributed by atoms with van der Waals surface area (Å²) in [6, 6.07) is 8.78. The molecule has 0 bridgehead atoms. The van der Waals surface area contributed by atoms with Crippen LogP contribution in [0.4, 0.5) is 0 Å². The Balaban J connectivity index is 2.65. The molecule has 2 heterocycles. The lowest BCUT2D eigenvalue weighted by Gasteiger charge is -2.28. The van der Waals surface area contributed by atoms with Crippen molar-refractivity contribution in [1.82, 2.24) is 9.97 Å². The molecule has 6 heteroatoms. The van der Waals surface area contributed by atoms with Crippen LogP contribution in [0.5, 0.6) is 0 Å². The van der Waals surface area contributed by atoms with Crippen molar-refractivity contribution in [3.8, 4) is 0 Å². The zero-order valence-corrected chi connectivity index (χ0v) is 9.04. The molecule has 0 atom stereocenters. The van der Waals surface area contributed by atoms with Crippen LogP contribution in [0.3, 0.4) is 0 Å². The maximum Gasteiger partial charge on any atom is 0.168 e. The van der Waals surface area contributed by atoms with Crippen LogP contribution in [0.15, 0.2) is 58.8 Å². The van der Waals surface area contributed by atoms with Crippen molar-refractivity contribution >= 4 is 9.63 Å². The molecular formula is C10H10N2O3S. The maximum absolute atomic E-state index is 12.2. The lowest BCUT2D eigenvalue weighted by molar-refractivity contribution is 0.381. The molecule has 84 valence electrons. The standard InChI is InChI=1S/C10H10N2O3S/c13-16(14,15,9-5-1-3-7-11-9)10-6-2-4-8-12-10/h1-8H,(H2,13,14,15). The summed E-state index contributed by atoms with van der Waals surface area (Å²) in [4.78, 5) is 7.39. The van der Waals surface area contributed by atoms with Crippen molar-refractivity contribution < 1.29 is 13.3 Å². The number of hydrogen-bond acceptors (Lipinski definition) is 3. The van der Waals surface area contributed by atoms with E-state index in [0.29, 0.717) is 0 Å². The van der Waals surface area contributed by atoms with Gasteiger partial charge in [0.1, 0.15) is 0 Å². The quantitative estimate of drug-likeness (QED) is 0.831. The van der Waals surface area contributed by atoms with Gasteiger partial charge in [-0.1, -0.05) is 12.1 Å². The molecule has 0 fully saturated rings. The topological polar surface area (TPSA) is 83.3 Å². The van der Waals surface area contributed by atoms with Crippen LogP contribution in [0.1, 0.15) is 0 Å². The molecule has 0 aliphatic rings. The van der Waals surface area contributed by atoms with Gasteiger partial charge in [0, 0.05) is 12.4 Å². The van der Waals surface area contributed by atoms with Gasteiger partial charge in [-0.3, -0.25) is 9.11 Å². The Bertz CT molecular complexity index is 505. The highest BCUT2D eigenvalue weighted by Crippen LogP contribution is 2.33. The normalized spacial score (nSPS) is 14.0. The molecule has 16 heavy (non-hydrogen) atoms. The molecule has 0 saturated heterocycles. The first kappa shape index (κ1) is 10.9. The van der Waals surface area contributed by atoms with Crippen molar-refractivity contribution in [2.24, 2.45) is 0 Å². The molecule has 0 aliphatic carbocycles. The first-order valence-electron chi connectivity index (χ1n) is 4.48. The predicted molar refractivity (Wildman–Crippen MR) is 58.4 cm³/mol. The van der Waals surface area contributed by atoms with Crippen LogP contribution in [0.2, 0.25) is 0 Å². The Morgan fingerprint density at radius 2 is 1.31 bits per heavy atom. The molecule has 0 saturated carbocycles. The average Bonchev–Trinajstić information content (AvgIpc) is 2.31. The fraction of sp³-hybridized carbons (Fsp3) is 0. The molecule has 0 aliphatic heterocycles. The Kier molecular flexibility index (Phi) is 2.34. The predicted octanol–water partition coefficient (Wildman–Crippen LogP) is 1.66. The highest BCUT2D eigenvalue weighted by molar-refractivity contribution is 8.10. The first-order valence-corrected chi connectivity index (χ1v) is 6.36. The van der Waals surface area contributed by atoms with Crippen molar-refractivity contribution in [2.45, 2.75) is 10.1 Å². The summed E-state index contributed by atoms with van der Waals surface area (Å²) in [5, 5.41) is -0.614. The van der Waals surface area contributed by atoms with Gasteiger partial charge in [-0.05, 0) is 24.3 Å². The van der Waals surface area contributed by atoms with E-state index < -0.39 is 9.63 Å². The second-order valence-electron chi connectivity index (χ2n) is 3.20. The van der Waals surface area contributed by atoms with Gasteiger partial charge in [0.25, 0.3) is 0 Å². The van der Waals surface area contributed by atoms with Crippen molar-refractivity contribution in [2.75, 3.05) is 0 Å². The van der Waals surface area contributed by atoms with Gasteiger partial charge in [-0.25, -0.2) is 14.2 Å². The van der Waals surface area contributed by atoms with Crippen LogP contribution < -0.4 is 0 Å². The third-order valence-electron chi connectivity index (χ3n) is 2.03. The Morgan fingerprint density at radius 1 is 0.875 bits per heavy atom. The summed E-state index contributed by atoms with van der Waals surface area (Å²) in [5.74, 6) is 0. The fourth-order valence-corrected chi connectivity index (χ4v) is 2.60. The Labute approximate surface area is 92.2 Å². The average molecular weight is 238 g/mol. The summed E-state index contributed by atoms with van der Waals surface area (Å²) >= 11 is 0. The summed E-state index contributed by atoms with van der Waals surface area (Å²) in [6.45, 7) is 0. The molecular weight excluding hydrogens is 228 g/mol. The van der Waals surface area contributed by atoms with Gasteiger partial charge in [0.05, 0.1) is 0 Å². The Morgan fingerprint density at radius 3 is 1.62 bits per heavy atom. The van der Waals surface area contributed by atoms with E-state index in [9.17, 15) is 13.3 Å². The van der Waals surface area contributed by atoms with Crippen molar-refractivity contribution in [1.29, 1.82) is 0 Å². The molecule has 0 aromatic carbocycles. The number of aromatic nitrogens is 2. The zero-order chi connectivity index (χ0) is 11.7. The summed E-state index contributed by atoms with van der Waals surface area (Å²) in [6.07, 6.45) is 2.66. The summed E-state index contributed by atoms with van der Waals surface area (Å²) in [7, 11) is -5.14. The van der Waals surface area contributed by atoms with E-state index in [2.05, 4.69) is 9.97 Å². The van der Waals surface area contributed by atoms with Gasteiger partial charge in [-0.2, -0.15) is 0 Å². The van der Waals surface area contributed by atoms with Crippen LogP contribution >= 0.6 is 0 Å². The zero-order valence-electron chi connectivity index (χ0n) is 8.22. The van der Waals surface area contributed by atoms with Crippen LogP contribution in [-0.2, 0) is 9.63 Å². The molecule has 0 radical (unpaired) electrons. The molecule has 2 rings (SSSR count). The van der Waals surface area contributed by atoms with Crippen LogP contribution in [0.25, 0.3) is 0 Å². The van der Waals surface area contributed by atoms with E-state index >= 15 is 0 Å². The lowest BCUT2D eigenvalue weighted by Crippen LogP contribution is -2.33. The van der Waals surface area contributed by atoms with Crippen LogP contribution in [0, 0.1) is 0 Å². The molecule has 0 spiro atoms. The van der Waals surface area contributed by atoms with Gasteiger partial charge in [0.2, 0.25) is 0 Å².